The van der Waals surface area contributed by atoms with E-state index in [2.05, 4.69) is 20.7 Å². The van der Waals surface area contributed by atoms with Crippen molar-refractivity contribution in [2.24, 2.45) is 0 Å². The Balaban J connectivity index is 1.66. The van der Waals surface area contributed by atoms with E-state index < -0.39 is 0 Å². The van der Waals surface area contributed by atoms with Crippen LogP contribution < -0.4 is 10.6 Å². The van der Waals surface area contributed by atoms with Crippen molar-refractivity contribution in [1.82, 2.24) is 20.1 Å². The van der Waals surface area contributed by atoms with E-state index in [0.717, 1.165) is 19.4 Å². The molecule has 1 aliphatic heterocycles. The van der Waals surface area contributed by atoms with Gasteiger partial charge in [0.05, 0.1) is 17.8 Å². The van der Waals surface area contributed by atoms with Gasteiger partial charge < -0.3 is 15.4 Å². The smallest absolute Gasteiger partial charge is 0.319 e. The molecule has 0 saturated carbocycles. The van der Waals surface area contributed by atoms with E-state index >= 15 is 0 Å². The van der Waals surface area contributed by atoms with Crippen LogP contribution in [0.25, 0.3) is 5.82 Å². The molecule has 0 spiro atoms. The van der Waals surface area contributed by atoms with E-state index in [1.165, 1.54) is 0 Å². The van der Waals surface area contributed by atoms with Crippen LogP contribution in [0, 0.1) is 0 Å². The predicted molar refractivity (Wildman–Crippen MR) is 81.9 cm³/mol. The van der Waals surface area contributed by atoms with Crippen molar-refractivity contribution >= 4 is 11.7 Å². The number of amides is 2. The predicted octanol–water partition coefficient (Wildman–Crippen LogP) is 1.96. The van der Waals surface area contributed by atoms with Crippen LogP contribution in [-0.4, -0.2) is 39.5 Å². The van der Waals surface area contributed by atoms with Crippen molar-refractivity contribution in [3.63, 3.8) is 0 Å². The Bertz CT molecular complexity index is 623. The maximum atomic E-state index is 12.2. The summed E-state index contributed by atoms with van der Waals surface area (Å²) >= 11 is 0. The number of hydrogen-bond acceptors (Lipinski definition) is 4. The molecule has 3 rings (SSSR count). The third-order valence-electron chi connectivity index (χ3n) is 3.64. The summed E-state index contributed by atoms with van der Waals surface area (Å²) in [5.74, 6) is 0.576. The van der Waals surface area contributed by atoms with Crippen LogP contribution in [-0.2, 0) is 4.74 Å². The first-order valence-electron chi connectivity index (χ1n) is 7.38. The van der Waals surface area contributed by atoms with Gasteiger partial charge in [0, 0.05) is 25.2 Å². The standard InChI is InChI=1S/C15H19N5O2/c1-11(13-6-3-10-22-13)18-15(21)19-12-5-2-7-16-14(12)20-9-4-8-17-20/h2,4-5,7-9,11,13H,3,6,10H2,1H3,(H2,18,19,21)/t11-,13-/m1/s1. The second kappa shape index (κ2) is 6.57. The average Bonchev–Trinajstić information content (AvgIpc) is 3.21. The number of ether oxygens (including phenoxy) is 1. The zero-order valence-electron chi connectivity index (χ0n) is 12.4. The van der Waals surface area contributed by atoms with Crippen molar-refractivity contribution in [1.29, 1.82) is 0 Å². The topological polar surface area (TPSA) is 81.1 Å². The lowest BCUT2D eigenvalue weighted by molar-refractivity contribution is 0.0868. The van der Waals surface area contributed by atoms with Crippen molar-refractivity contribution in [2.45, 2.75) is 31.9 Å². The first-order valence-corrected chi connectivity index (χ1v) is 7.38. The third kappa shape index (κ3) is 3.25. The van der Waals surface area contributed by atoms with Gasteiger partial charge >= 0.3 is 6.03 Å². The van der Waals surface area contributed by atoms with Gasteiger partial charge in [0.25, 0.3) is 0 Å². The maximum absolute atomic E-state index is 12.2. The number of rotatable bonds is 4. The Morgan fingerprint density at radius 3 is 3.09 bits per heavy atom. The molecule has 2 aromatic heterocycles. The molecule has 1 aliphatic rings. The van der Waals surface area contributed by atoms with Gasteiger partial charge in [0.2, 0.25) is 0 Å². The van der Waals surface area contributed by atoms with E-state index in [9.17, 15) is 4.79 Å². The van der Waals surface area contributed by atoms with Crippen LogP contribution >= 0.6 is 0 Å². The number of nitrogens with zero attached hydrogens (tertiary/aromatic N) is 3. The SMILES string of the molecule is C[C@@H](NC(=O)Nc1cccnc1-n1cccn1)[C@H]1CCCO1. The minimum absolute atomic E-state index is 0.0349. The largest absolute Gasteiger partial charge is 0.376 e. The molecule has 22 heavy (non-hydrogen) atoms. The molecule has 116 valence electrons. The van der Waals surface area contributed by atoms with E-state index in [1.54, 1.807) is 41.5 Å². The normalized spacial score (nSPS) is 18.9. The summed E-state index contributed by atoms with van der Waals surface area (Å²) in [4.78, 5) is 16.4. The van der Waals surface area contributed by atoms with Crippen molar-refractivity contribution in [3.05, 3.63) is 36.8 Å². The molecular formula is C15H19N5O2. The molecule has 2 aromatic rings. The molecule has 0 bridgehead atoms. The fraction of sp³-hybridized carbons (Fsp3) is 0.400. The Hall–Kier alpha value is -2.41. The molecule has 2 amide bonds. The Morgan fingerprint density at radius 1 is 1.45 bits per heavy atom. The van der Waals surface area contributed by atoms with Gasteiger partial charge in [-0.25, -0.2) is 14.5 Å². The molecule has 0 unspecified atom stereocenters. The second-order valence-corrected chi connectivity index (χ2v) is 5.26. The number of nitrogens with one attached hydrogen (secondary N) is 2. The lowest BCUT2D eigenvalue weighted by atomic mass is 10.1. The van der Waals surface area contributed by atoms with Crippen molar-refractivity contribution in [3.8, 4) is 5.82 Å². The summed E-state index contributed by atoms with van der Waals surface area (Å²) < 4.78 is 7.19. The molecular weight excluding hydrogens is 282 g/mol. The minimum Gasteiger partial charge on any atom is -0.376 e. The lowest BCUT2D eigenvalue weighted by Crippen LogP contribution is -2.43. The van der Waals surface area contributed by atoms with Crippen molar-refractivity contribution < 1.29 is 9.53 Å². The number of pyridine rings is 1. The highest BCUT2D eigenvalue weighted by Gasteiger charge is 2.23. The van der Waals surface area contributed by atoms with Crippen LogP contribution in [0.15, 0.2) is 36.8 Å². The maximum Gasteiger partial charge on any atom is 0.319 e. The summed E-state index contributed by atoms with van der Waals surface area (Å²) in [5, 5.41) is 9.88. The highest BCUT2D eigenvalue weighted by molar-refractivity contribution is 5.91. The fourth-order valence-corrected chi connectivity index (χ4v) is 2.53. The quantitative estimate of drug-likeness (QED) is 0.904. The molecule has 2 N–H and O–H groups in total. The number of aromatic nitrogens is 3. The van der Waals surface area contributed by atoms with Crippen LogP contribution in [0.4, 0.5) is 10.5 Å². The highest BCUT2D eigenvalue weighted by atomic mass is 16.5. The zero-order chi connectivity index (χ0) is 15.4. The van der Waals surface area contributed by atoms with Gasteiger partial charge in [-0.05, 0) is 38.0 Å². The third-order valence-corrected chi connectivity index (χ3v) is 3.64. The lowest BCUT2D eigenvalue weighted by Gasteiger charge is -2.20. The van der Waals surface area contributed by atoms with Crippen LogP contribution in [0.1, 0.15) is 19.8 Å². The van der Waals surface area contributed by atoms with E-state index in [1.807, 2.05) is 6.92 Å². The molecule has 0 aromatic carbocycles. The Kier molecular flexibility index (Phi) is 4.34. The minimum atomic E-state index is -0.274. The number of hydrogen-bond donors (Lipinski definition) is 2. The number of anilines is 1. The van der Waals surface area contributed by atoms with Gasteiger partial charge in [0.15, 0.2) is 5.82 Å². The van der Waals surface area contributed by atoms with Gasteiger partial charge in [0.1, 0.15) is 0 Å². The Morgan fingerprint density at radius 2 is 2.36 bits per heavy atom. The second-order valence-electron chi connectivity index (χ2n) is 5.26. The van der Waals surface area contributed by atoms with Gasteiger partial charge in [-0.15, -0.1) is 0 Å². The molecule has 7 nitrogen and oxygen atoms in total. The molecule has 3 heterocycles. The fourth-order valence-electron chi connectivity index (χ4n) is 2.53. The molecule has 0 aliphatic carbocycles. The first-order chi connectivity index (χ1) is 10.7. The molecule has 7 heteroatoms. The van der Waals surface area contributed by atoms with Crippen LogP contribution in [0.3, 0.4) is 0 Å². The monoisotopic (exact) mass is 301 g/mol. The number of carbonyl (C=O) groups is 1. The average molecular weight is 301 g/mol. The van der Waals surface area contributed by atoms with E-state index in [4.69, 9.17) is 4.74 Å². The van der Waals surface area contributed by atoms with Crippen molar-refractivity contribution in [2.75, 3.05) is 11.9 Å². The number of carbonyl (C=O) groups excluding carboxylic acids is 1. The molecule has 1 fully saturated rings. The Labute approximate surface area is 128 Å². The first kappa shape index (κ1) is 14.5. The van der Waals surface area contributed by atoms with Gasteiger partial charge in [-0.3, -0.25) is 0 Å². The summed E-state index contributed by atoms with van der Waals surface area (Å²) in [7, 11) is 0. The highest BCUT2D eigenvalue weighted by Crippen LogP contribution is 2.17. The van der Waals surface area contributed by atoms with Gasteiger partial charge in [-0.1, -0.05) is 0 Å². The molecule has 1 saturated heterocycles. The summed E-state index contributed by atoms with van der Waals surface area (Å²) in [5.41, 5.74) is 0.600. The molecule has 2 atom stereocenters. The summed E-state index contributed by atoms with van der Waals surface area (Å²) in [6.07, 6.45) is 7.22. The van der Waals surface area contributed by atoms with E-state index in [-0.39, 0.29) is 18.2 Å². The number of urea groups is 1. The van der Waals surface area contributed by atoms with Gasteiger partial charge in [-0.2, -0.15) is 5.10 Å². The summed E-state index contributed by atoms with van der Waals surface area (Å²) in [6, 6.07) is 5.06. The van der Waals surface area contributed by atoms with Crippen LogP contribution in [0.2, 0.25) is 0 Å². The zero-order valence-corrected chi connectivity index (χ0v) is 12.4. The molecule has 0 radical (unpaired) electrons. The van der Waals surface area contributed by atoms with E-state index in [0.29, 0.717) is 11.5 Å². The van der Waals surface area contributed by atoms with Crippen LogP contribution in [0.5, 0.6) is 0 Å². The summed E-state index contributed by atoms with van der Waals surface area (Å²) in [6.45, 7) is 2.72.